The lowest BCUT2D eigenvalue weighted by Gasteiger charge is -2.34. The van der Waals surface area contributed by atoms with E-state index in [0.29, 0.717) is 0 Å². The summed E-state index contributed by atoms with van der Waals surface area (Å²) in [5, 5.41) is 0. The van der Waals surface area contributed by atoms with Crippen molar-refractivity contribution in [1.82, 2.24) is 0 Å². The molecule has 1 aromatic rings. The summed E-state index contributed by atoms with van der Waals surface area (Å²) >= 11 is 0. The number of fused-ring (bicyclic) bond motifs is 1. The van der Waals surface area contributed by atoms with Gasteiger partial charge in [-0.25, -0.2) is 0 Å². The van der Waals surface area contributed by atoms with Crippen LogP contribution in [0.25, 0.3) is 0 Å². The van der Waals surface area contributed by atoms with Gasteiger partial charge in [-0.05, 0) is 25.0 Å². The number of rotatable bonds is 1. The number of nitrogens with zero attached hydrogens (tertiary/aromatic N) is 2. The Balaban J connectivity index is 2.04. The van der Waals surface area contributed by atoms with Gasteiger partial charge in [0.15, 0.2) is 0 Å². The Labute approximate surface area is 85.1 Å². The third-order valence-corrected chi connectivity index (χ3v) is 3.43. The Morgan fingerprint density at radius 2 is 1.86 bits per heavy atom. The molecule has 0 unspecified atom stereocenters. The van der Waals surface area contributed by atoms with Crippen molar-refractivity contribution in [2.45, 2.75) is 12.8 Å². The first-order chi connectivity index (χ1) is 6.86. The van der Waals surface area contributed by atoms with Crippen LogP contribution in [-0.2, 0) is 6.42 Å². The van der Waals surface area contributed by atoms with Crippen molar-refractivity contribution in [3.63, 3.8) is 0 Å². The lowest BCUT2D eigenvalue weighted by Crippen LogP contribution is -2.37. The summed E-state index contributed by atoms with van der Waals surface area (Å²) in [6.07, 6.45) is 2.58. The Morgan fingerprint density at radius 3 is 2.57 bits per heavy atom. The van der Waals surface area contributed by atoms with E-state index in [-0.39, 0.29) is 0 Å². The van der Waals surface area contributed by atoms with E-state index in [1.807, 2.05) is 0 Å². The Bertz CT molecular complexity index is 355. The first-order valence-corrected chi connectivity index (χ1v) is 5.44. The van der Waals surface area contributed by atoms with Crippen molar-refractivity contribution in [3.05, 3.63) is 23.8 Å². The van der Waals surface area contributed by atoms with Gasteiger partial charge in [0, 0.05) is 43.6 Å². The molecule has 1 saturated heterocycles. The van der Waals surface area contributed by atoms with Gasteiger partial charge in [-0.15, -0.1) is 0 Å². The number of benzene rings is 1. The second kappa shape index (κ2) is 2.91. The molecule has 0 N–H and O–H groups in total. The summed E-state index contributed by atoms with van der Waals surface area (Å²) in [6.45, 7) is 3.68. The van der Waals surface area contributed by atoms with Gasteiger partial charge >= 0.3 is 0 Å². The summed E-state index contributed by atoms with van der Waals surface area (Å²) in [5.74, 6) is 0. The topological polar surface area (TPSA) is 6.48 Å². The van der Waals surface area contributed by atoms with Gasteiger partial charge < -0.3 is 9.80 Å². The minimum absolute atomic E-state index is 1.18. The molecule has 2 heterocycles. The third kappa shape index (κ3) is 1.03. The van der Waals surface area contributed by atoms with Crippen LogP contribution in [0.15, 0.2) is 18.2 Å². The zero-order valence-electron chi connectivity index (χ0n) is 8.66. The quantitative estimate of drug-likeness (QED) is 0.664. The fourth-order valence-electron chi connectivity index (χ4n) is 2.43. The summed E-state index contributed by atoms with van der Waals surface area (Å²) < 4.78 is 0. The highest BCUT2D eigenvalue weighted by Crippen LogP contribution is 2.36. The van der Waals surface area contributed by atoms with Gasteiger partial charge in [0.05, 0.1) is 0 Å². The third-order valence-electron chi connectivity index (χ3n) is 3.43. The van der Waals surface area contributed by atoms with Crippen LogP contribution in [0.5, 0.6) is 0 Å². The summed E-state index contributed by atoms with van der Waals surface area (Å²) in [6, 6.07) is 6.71. The second-order valence-corrected chi connectivity index (χ2v) is 4.29. The predicted octanol–water partition coefficient (Wildman–Crippen LogP) is 1.89. The molecule has 0 aromatic heterocycles. The summed E-state index contributed by atoms with van der Waals surface area (Å²) in [4.78, 5) is 4.86. The highest BCUT2D eigenvalue weighted by molar-refractivity contribution is 5.70. The standard InChI is InChI=1S/C12H16N2/c1-13-9-6-10-11(13)4-2-5-12(10)14-7-3-8-14/h2,4-5H,3,6-9H2,1H3. The molecule has 14 heavy (non-hydrogen) atoms. The molecule has 2 aliphatic rings. The molecule has 1 aromatic carbocycles. The first-order valence-electron chi connectivity index (χ1n) is 5.44. The average Bonchev–Trinajstić information content (AvgIpc) is 2.47. The minimum Gasteiger partial charge on any atom is -0.374 e. The van der Waals surface area contributed by atoms with Crippen molar-refractivity contribution in [3.8, 4) is 0 Å². The van der Waals surface area contributed by atoms with Gasteiger partial charge in [-0.3, -0.25) is 0 Å². The highest BCUT2D eigenvalue weighted by Gasteiger charge is 2.23. The molecular formula is C12H16N2. The van der Waals surface area contributed by atoms with Gasteiger partial charge in [-0.1, -0.05) is 6.07 Å². The smallest absolute Gasteiger partial charge is 0.0420 e. The molecule has 0 aliphatic carbocycles. The molecule has 2 nitrogen and oxygen atoms in total. The lowest BCUT2D eigenvalue weighted by atomic mass is 10.1. The Morgan fingerprint density at radius 1 is 1.07 bits per heavy atom. The normalized spacial score (nSPS) is 19.5. The molecule has 2 heteroatoms. The largest absolute Gasteiger partial charge is 0.374 e. The SMILES string of the molecule is CN1CCc2c1cccc2N1CCC1. The molecule has 0 saturated carbocycles. The molecule has 0 radical (unpaired) electrons. The lowest BCUT2D eigenvalue weighted by molar-refractivity contribution is 0.615. The van der Waals surface area contributed by atoms with Crippen molar-refractivity contribution in [1.29, 1.82) is 0 Å². The number of hydrogen-bond acceptors (Lipinski definition) is 2. The fraction of sp³-hybridized carbons (Fsp3) is 0.500. The monoisotopic (exact) mass is 188 g/mol. The van der Waals surface area contributed by atoms with Crippen LogP contribution >= 0.6 is 0 Å². The molecule has 3 rings (SSSR count). The summed E-state index contributed by atoms with van der Waals surface area (Å²) in [5.41, 5.74) is 4.49. The zero-order chi connectivity index (χ0) is 9.54. The molecular weight excluding hydrogens is 172 g/mol. The minimum atomic E-state index is 1.18. The molecule has 0 amide bonds. The van der Waals surface area contributed by atoms with Crippen molar-refractivity contribution in [2.75, 3.05) is 36.5 Å². The van der Waals surface area contributed by atoms with E-state index in [1.54, 1.807) is 5.56 Å². The summed E-state index contributed by atoms with van der Waals surface area (Å²) in [7, 11) is 2.19. The average molecular weight is 188 g/mol. The number of likely N-dealkylation sites (N-methyl/N-ethyl adjacent to an activating group) is 1. The van der Waals surface area contributed by atoms with Gasteiger partial charge in [-0.2, -0.15) is 0 Å². The van der Waals surface area contributed by atoms with Crippen molar-refractivity contribution >= 4 is 11.4 Å². The molecule has 0 bridgehead atoms. The maximum absolute atomic E-state index is 2.50. The first kappa shape index (κ1) is 8.16. The Kier molecular flexibility index (Phi) is 1.69. The number of anilines is 2. The van der Waals surface area contributed by atoms with Crippen LogP contribution in [0.3, 0.4) is 0 Å². The van der Waals surface area contributed by atoms with Crippen molar-refractivity contribution < 1.29 is 0 Å². The van der Waals surface area contributed by atoms with Crippen LogP contribution in [0.2, 0.25) is 0 Å². The molecule has 0 spiro atoms. The van der Waals surface area contributed by atoms with Gasteiger partial charge in [0.25, 0.3) is 0 Å². The highest BCUT2D eigenvalue weighted by atomic mass is 15.2. The van der Waals surface area contributed by atoms with E-state index >= 15 is 0 Å². The van der Waals surface area contributed by atoms with Gasteiger partial charge in [0.1, 0.15) is 0 Å². The Hall–Kier alpha value is -1.18. The van der Waals surface area contributed by atoms with Crippen LogP contribution in [0.1, 0.15) is 12.0 Å². The zero-order valence-corrected chi connectivity index (χ0v) is 8.66. The van der Waals surface area contributed by atoms with Crippen LogP contribution in [0, 0.1) is 0 Å². The molecule has 1 fully saturated rings. The van der Waals surface area contributed by atoms with E-state index in [2.05, 4.69) is 35.0 Å². The van der Waals surface area contributed by atoms with E-state index in [4.69, 9.17) is 0 Å². The maximum atomic E-state index is 2.50. The number of hydrogen-bond donors (Lipinski definition) is 0. The van der Waals surface area contributed by atoms with Crippen LogP contribution < -0.4 is 9.80 Å². The van der Waals surface area contributed by atoms with Crippen LogP contribution in [-0.4, -0.2) is 26.7 Å². The van der Waals surface area contributed by atoms with Crippen LogP contribution in [0.4, 0.5) is 11.4 Å². The second-order valence-electron chi connectivity index (χ2n) is 4.29. The van der Waals surface area contributed by atoms with E-state index in [1.165, 1.54) is 43.9 Å². The van der Waals surface area contributed by atoms with E-state index < -0.39 is 0 Å². The predicted molar refractivity (Wildman–Crippen MR) is 60.2 cm³/mol. The molecule has 0 atom stereocenters. The van der Waals surface area contributed by atoms with E-state index in [0.717, 1.165) is 0 Å². The van der Waals surface area contributed by atoms with E-state index in [9.17, 15) is 0 Å². The maximum Gasteiger partial charge on any atom is 0.0420 e. The fourth-order valence-corrected chi connectivity index (χ4v) is 2.43. The van der Waals surface area contributed by atoms with Crippen molar-refractivity contribution in [2.24, 2.45) is 0 Å². The van der Waals surface area contributed by atoms with Gasteiger partial charge in [0.2, 0.25) is 0 Å². The molecule has 74 valence electrons. The molecule has 2 aliphatic heterocycles.